The summed E-state index contributed by atoms with van der Waals surface area (Å²) in [6, 6.07) is 9.52. The number of hydrogen-bond acceptors (Lipinski definition) is 4. The molecule has 2 atom stereocenters. The molecule has 0 saturated carbocycles. The van der Waals surface area contributed by atoms with Gasteiger partial charge in [0.1, 0.15) is 0 Å². The fourth-order valence-corrected chi connectivity index (χ4v) is 2.11. The Labute approximate surface area is 127 Å². The van der Waals surface area contributed by atoms with Crippen molar-refractivity contribution in [1.29, 1.82) is 0 Å². The largest absolute Gasteiger partial charge is 0.390 e. The summed E-state index contributed by atoms with van der Waals surface area (Å²) in [6.07, 6.45) is 0.881. The minimum absolute atomic E-state index is 0.0248. The summed E-state index contributed by atoms with van der Waals surface area (Å²) in [4.78, 5) is 13.4. The Morgan fingerprint density at radius 2 is 2.05 bits per heavy atom. The summed E-state index contributed by atoms with van der Waals surface area (Å²) in [5.74, 6) is -0.0248. The predicted molar refractivity (Wildman–Crippen MR) is 84.9 cm³/mol. The van der Waals surface area contributed by atoms with Crippen molar-refractivity contribution >= 4 is 5.91 Å². The van der Waals surface area contributed by atoms with Crippen LogP contribution in [0.5, 0.6) is 0 Å². The van der Waals surface area contributed by atoms with Gasteiger partial charge in [-0.05, 0) is 25.5 Å². The van der Waals surface area contributed by atoms with Crippen molar-refractivity contribution in [3.63, 3.8) is 0 Å². The number of likely N-dealkylation sites (N-methyl/N-ethyl adjacent to an activating group) is 1. The first-order valence-electron chi connectivity index (χ1n) is 7.45. The van der Waals surface area contributed by atoms with Crippen molar-refractivity contribution in [2.24, 2.45) is 5.73 Å². The third kappa shape index (κ3) is 7.22. The molecule has 4 N–H and O–H groups in total. The lowest BCUT2D eigenvalue weighted by Crippen LogP contribution is -2.46. The molecule has 21 heavy (non-hydrogen) atoms. The third-order valence-corrected chi connectivity index (χ3v) is 3.29. The number of nitrogens with zero attached hydrogens (tertiary/aromatic N) is 1. The van der Waals surface area contributed by atoms with E-state index in [9.17, 15) is 9.90 Å². The standard InChI is InChI=1S/C16H27N3O2/c1-3-9-18-16(21)12-19(2)11-15(20)14(17)10-13-7-5-4-6-8-13/h4-8,14-15,20H,3,9-12,17H2,1-2H3,(H,18,21). The van der Waals surface area contributed by atoms with Gasteiger partial charge in [-0.25, -0.2) is 0 Å². The monoisotopic (exact) mass is 293 g/mol. The van der Waals surface area contributed by atoms with Gasteiger partial charge in [0, 0.05) is 19.1 Å². The van der Waals surface area contributed by atoms with Crippen molar-refractivity contribution in [3.05, 3.63) is 35.9 Å². The number of aliphatic hydroxyl groups excluding tert-OH is 1. The molecular formula is C16H27N3O2. The first kappa shape index (κ1) is 17.6. The first-order valence-corrected chi connectivity index (χ1v) is 7.45. The maximum absolute atomic E-state index is 11.6. The average molecular weight is 293 g/mol. The third-order valence-electron chi connectivity index (χ3n) is 3.29. The van der Waals surface area contributed by atoms with E-state index in [2.05, 4.69) is 5.32 Å². The maximum atomic E-state index is 11.6. The van der Waals surface area contributed by atoms with E-state index in [1.165, 1.54) is 0 Å². The molecule has 1 amide bonds. The summed E-state index contributed by atoms with van der Waals surface area (Å²) in [6.45, 7) is 3.35. The lowest BCUT2D eigenvalue weighted by molar-refractivity contribution is -0.122. The lowest BCUT2D eigenvalue weighted by Gasteiger charge is -2.24. The second-order valence-electron chi connectivity index (χ2n) is 5.47. The molecule has 0 fully saturated rings. The van der Waals surface area contributed by atoms with E-state index in [1.54, 1.807) is 4.90 Å². The van der Waals surface area contributed by atoms with Gasteiger partial charge in [0.05, 0.1) is 12.6 Å². The van der Waals surface area contributed by atoms with Crippen molar-refractivity contribution in [1.82, 2.24) is 10.2 Å². The van der Waals surface area contributed by atoms with E-state index in [0.29, 0.717) is 19.5 Å². The Bertz CT molecular complexity index is 411. The van der Waals surface area contributed by atoms with E-state index < -0.39 is 6.10 Å². The number of rotatable bonds is 9. The summed E-state index contributed by atoms with van der Waals surface area (Å²) in [5, 5.41) is 13.0. The van der Waals surface area contributed by atoms with Crippen LogP contribution in [0.25, 0.3) is 0 Å². The fourth-order valence-electron chi connectivity index (χ4n) is 2.11. The number of nitrogens with one attached hydrogen (secondary N) is 1. The van der Waals surface area contributed by atoms with Crippen LogP contribution in [-0.4, -0.2) is 54.7 Å². The quantitative estimate of drug-likeness (QED) is 0.615. The zero-order valence-electron chi connectivity index (χ0n) is 13.0. The summed E-state index contributed by atoms with van der Waals surface area (Å²) in [7, 11) is 1.81. The van der Waals surface area contributed by atoms with Crippen LogP contribution in [0.3, 0.4) is 0 Å². The molecule has 0 spiro atoms. The highest BCUT2D eigenvalue weighted by atomic mass is 16.3. The van der Waals surface area contributed by atoms with E-state index in [0.717, 1.165) is 12.0 Å². The predicted octanol–water partition coefficient (Wildman–Crippen LogP) is 0.375. The van der Waals surface area contributed by atoms with Crippen LogP contribution in [0.15, 0.2) is 30.3 Å². The fraction of sp³-hybridized carbons (Fsp3) is 0.562. The smallest absolute Gasteiger partial charge is 0.234 e. The number of nitrogens with two attached hydrogens (primary N) is 1. The molecule has 0 aliphatic rings. The van der Waals surface area contributed by atoms with Crippen LogP contribution in [0.2, 0.25) is 0 Å². The zero-order valence-corrected chi connectivity index (χ0v) is 13.0. The van der Waals surface area contributed by atoms with Gasteiger partial charge in [-0.3, -0.25) is 9.69 Å². The summed E-state index contributed by atoms with van der Waals surface area (Å²) >= 11 is 0. The number of hydrogen-bond donors (Lipinski definition) is 3. The Kier molecular flexibility index (Phi) is 7.97. The van der Waals surface area contributed by atoms with Gasteiger partial charge >= 0.3 is 0 Å². The van der Waals surface area contributed by atoms with E-state index in [4.69, 9.17) is 5.73 Å². The Morgan fingerprint density at radius 1 is 1.38 bits per heavy atom. The van der Waals surface area contributed by atoms with Crippen LogP contribution in [0, 0.1) is 0 Å². The van der Waals surface area contributed by atoms with Gasteiger partial charge in [-0.2, -0.15) is 0 Å². The molecule has 0 aliphatic heterocycles. The lowest BCUT2D eigenvalue weighted by atomic mass is 10.0. The van der Waals surface area contributed by atoms with Crippen LogP contribution >= 0.6 is 0 Å². The Balaban J connectivity index is 2.34. The minimum atomic E-state index is -0.658. The second-order valence-corrected chi connectivity index (χ2v) is 5.47. The normalized spacial score (nSPS) is 14.0. The molecule has 0 aliphatic carbocycles. The van der Waals surface area contributed by atoms with Crippen LogP contribution < -0.4 is 11.1 Å². The molecule has 1 aromatic rings. The van der Waals surface area contributed by atoms with E-state index >= 15 is 0 Å². The van der Waals surface area contributed by atoms with Crippen molar-refractivity contribution in [2.75, 3.05) is 26.7 Å². The molecule has 118 valence electrons. The van der Waals surface area contributed by atoms with Crippen LogP contribution in [-0.2, 0) is 11.2 Å². The highest BCUT2D eigenvalue weighted by Crippen LogP contribution is 2.05. The van der Waals surface area contributed by atoms with Crippen molar-refractivity contribution in [2.45, 2.75) is 31.9 Å². The summed E-state index contributed by atoms with van der Waals surface area (Å²) < 4.78 is 0. The van der Waals surface area contributed by atoms with Crippen molar-refractivity contribution < 1.29 is 9.90 Å². The van der Waals surface area contributed by atoms with Crippen LogP contribution in [0.4, 0.5) is 0 Å². The first-order chi connectivity index (χ1) is 10.0. The number of benzene rings is 1. The van der Waals surface area contributed by atoms with E-state index in [-0.39, 0.29) is 18.5 Å². The molecule has 0 bridgehead atoms. The molecule has 0 saturated heterocycles. The molecule has 0 aromatic heterocycles. The maximum Gasteiger partial charge on any atom is 0.234 e. The molecule has 2 unspecified atom stereocenters. The molecule has 0 heterocycles. The highest BCUT2D eigenvalue weighted by molar-refractivity contribution is 5.77. The molecule has 5 heteroatoms. The Morgan fingerprint density at radius 3 is 2.67 bits per heavy atom. The molecular weight excluding hydrogens is 266 g/mol. The molecule has 0 radical (unpaired) electrons. The molecule has 5 nitrogen and oxygen atoms in total. The molecule has 1 aromatic carbocycles. The van der Waals surface area contributed by atoms with Gasteiger partial charge in [-0.15, -0.1) is 0 Å². The van der Waals surface area contributed by atoms with E-state index in [1.807, 2.05) is 44.3 Å². The zero-order chi connectivity index (χ0) is 15.7. The number of carbonyl (C=O) groups excluding carboxylic acids is 1. The molecule has 1 rings (SSSR count). The highest BCUT2D eigenvalue weighted by Gasteiger charge is 2.18. The topological polar surface area (TPSA) is 78.6 Å². The van der Waals surface area contributed by atoms with Gasteiger partial charge in [0.15, 0.2) is 0 Å². The van der Waals surface area contributed by atoms with Gasteiger partial charge in [0.2, 0.25) is 5.91 Å². The van der Waals surface area contributed by atoms with Gasteiger partial charge < -0.3 is 16.2 Å². The Hall–Kier alpha value is -1.43. The summed E-state index contributed by atoms with van der Waals surface area (Å²) in [5.41, 5.74) is 7.14. The SMILES string of the molecule is CCCNC(=O)CN(C)CC(O)C(N)Cc1ccccc1. The van der Waals surface area contributed by atoms with Gasteiger partial charge in [-0.1, -0.05) is 37.3 Å². The minimum Gasteiger partial charge on any atom is -0.390 e. The van der Waals surface area contributed by atoms with Crippen molar-refractivity contribution in [3.8, 4) is 0 Å². The average Bonchev–Trinajstić information content (AvgIpc) is 2.45. The van der Waals surface area contributed by atoms with Crippen LogP contribution in [0.1, 0.15) is 18.9 Å². The number of carbonyl (C=O) groups is 1. The number of amides is 1. The number of aliphatic hydroxyl groups is 1. The second kappa shape index (κ2) is 9.50. The van der Waals surface area contributed by atoms with Gasteiger partial charge in [0.25, 0.3) is 0 Å².